The van der Waals surface area contributed by atoms with Crippen molar-refractivity contribution in [1.82, 2.24) is 24.7 Å². The van der Waals surface area contributed by atoms with E-state index in [0.29, 0.717) is 40.0 Å². The van der Waals surface area contributed by atoms with Crippen molar-refractivity contribution in [2.24, 2.45) is 0 Å². The van der Waals surface area contributed by atoms with Gasteiger partial charge in [0, 0.05) is 11.8 Å². The summed E-state index contributed by atoms with van der Waals surface area (Å²) in [6.07, 6.45) is 7.26. The van der Waals surface area contributed by atoms with E-state index in [1.54, 1.807) is 28.9 Å². The fourth-order valence-electron chi connectivity index (χ4n) is 4.57. The molecule has 172 valence electrons. The van der Waals surface area contributed by atoms with E-state index < -0.39 is 6.67 Å². The lowest BCUT2D eigenvalue weighted by Crippen LogP contribution is -2.26. The standard InChI is InChI=1S/C26H26FN7/c1-17(18-4-6-19(7-5-18)20-8-10-29-11-9-20)32-26-31-15-22(14-28)24(33-26)23-16-30-25-21(13-27)3-2-12-34(23)25/h2-7,12,15-17,20,29H,8-11,13H2,1H3,(H,31,32,33)/t17-/m0/s1. The summed E-state index contributed by atoms with van der Waals surface area (Å²) < 4.78 is 15.1. The van der Waals surface area contributed by atoms with Crippen LogP contribution in [0, 0.1) is 11.3 Å². The van der Waals surface area contributed by atoms with E-state index in [-0.39, 0.29) is 6.04 Å². The second-order valence-electron chi connectivity index (χ2n) is 8.63. The normalized spacial score (nSPS) is 15.2. The van der Waals surface area contributed by atoms with Crippen molar-refractivity contribution in [3.8, 4) is 17.5 Å². The van der Waals surface area contributed by atoms with Crippen LogP contribution in [0.15, 0.2) is 55.0 Å². The highest BCUT2D eigenvalue weighted by Gasteiger charge is 2.18. The number of nitrogens with one attached hydrogen (secondary N) is 2. The van der Waals surface area contributed by atoms with Crippen molar-refractivity contribution in [2.45, 2.75) is 38.4 Å². The minimum Gasteiger partial charge on any atom is -0.348 e. The molecule has 8 heteroatoms. The van der Waals surface area contributed by atoms with Crippen molar-refractivity contribution in [3.63, 3.8) is 0 Å². The monoisotopic (exact) mass is 455 g/mol. The number of benzene rings is 1. The fourth-order valence-corrected chi connectivity index (χ4v) is 4.57. The van der Waals surface area contributed by atoms with E-state index >= 15 is 0 Å². The molecular formula is C26H26FN7. The van der Waals surface area contributed by atoms with Gasteiger partial charge in [0.1, 0.15) is 24.1 Å². The number of nitrogens with zero attached hydrogens (tertiary/aromatic N) is 5. The Morgan fingerprint density at radius 2 is 1.97 bits per heavy atom. The summed E-state index contributed by atoms with van der Waals surface area (Å²) in [6.45, 7) is 3.59. The maximum Gasteiger partial charge on any atom is 0.223 e. The van der Waals surface area contributed by atoms with Crippen molar-refractivity contribution >= 4 is 11.6 Å². The van der Waals surface area contributed by atoms with E-state index in [0.717, 1.165) is 18.7 Å². The van der Waals surface area contributed by atoms with Crippen molar-refractivity contribution in [1.29, 1.82) is 5.26 Å². The molecule has 1 saturated heterocycles. The number of pyridine rings is 1. The van der Waals surface area contributed by atoms with Crippen LogP contribution in [0.5, 0.6) is 0 Å². The third kappa shape index (κ3) is 4.22. The first-order chi connectivity index (χ1) is 16.7. The number of halogens is 1. The molecule has 1 atom stereocenters. The number of rotatable bonds is 6. The predicted molar refractivity (Wildman–Crippen MR) is 129 cm³/mol. The molecule has 4 aromatic rings. The average molecular weight is 456 g/mol. The van der Waals surface area contributed by atoms with Gasteiger partial charge in [-0.2, -0.15) is 5.26 Å². The van der Waals surface area contributed by atoms with Gasteiger partial charge in [0.25, 0.3) is 0 Å². The number of piperidine rings is 1. The molecule has 0 saturated carbocycles. The summed E-state index contributed by atoms with van der Waals surface area (Å²) in [6, 6.07) is 14.3. The zero-order valence-electron chi connectivity index (χ0n) is 19.0. The summed E-state index contributed by atoms with van der Waals surface area (Å²) >= 11 is 0. The summed E-state index contributed by atoms with van der Waals surface area (Å²) in [5, 5.41) is 16.4. The number of hydrogen-bond donors (Lipinski definition) is 2. The zero-order valence-corrected chi connectivity index (χ0v) is 19.0. The first-order valence-corrected chi connectivity index (χ1v) is 11.5. The number of anilines is 1. The van der Waals surface area contributed by atoms with Crippen LogP contribution in [0.2, 0.25) is 0 Å². The number of fused-ring (bicyclic) bond motifs is 1. The molecular weight excluding hydrogens is 429 g/mol. The Morgan fingerprint density at radius 1 is 1.18 bits per heavy atom. The molecule has 0 amide bonds. The van der Waals surface area contributed by atoms with Gasteiger partial charge in [0.2, 0.25) is 5.95 Å². The van der Waals surface area contributed by atoms with E-state index in [9.17, 15) is 9.65 Å². The average Bonchev–Trinajstić information content (AvgIpc) is 3.33. The molecule has 1 aliphatic heterocycles. The molecule has 2 N–H and O–H groups in total. The van der Waals surface area contributed by atoms with Crippen LogP contribution < -0.4 is 10.6 Å². The van der Waals surface area contributed by atoms with Crippen LogP contribution in [0.25, 0.3) is 17.0 Å². The molecule has 1 aromatic carbocycles. The quantitative estimate of drug-likeness (QED) is 0.435. The molecule has 0 unspecified atom stereocenters. The van der Waals surface area contributed by atoms with E-state index in [1.807, 2.05) is 0 Å². The summed E-state index contributed by atoms with van der Waals surface area (Å²) in [4.78, 5) is 13.3. The van der Waals surface area contributed by atoms with Crippen LogP contribution in [0.1, 0.15) is 54.0 Å². The second kappa shape index (κ2) is 9.57. The number of imidazole rings is 1. The first kappa shape index (κ1) is 22.0. The Bertz CT molecular complexity index is 1330. The van der Waals surface area contributed by atoms with Crippen LogP contribution in [0.3, 0.4) is 0 Å². The Morgan fingerprint density at radius 3 is 2.71 bits per heavy atom. The van der Waals surface area contributed by atoms with Gasteiger partial charge in [0.05, 0.1) is 29.7 Å². The molecule has 3 aromatic heterocycles. The van der Waals surface area contributed by atoms with Gasteiger partial charge in [-0.3, -0.25) is 4.40 Å². The number of alkyl halides is 1. The van der Waals surface area contributed by atoms with E-state index in [1.165, 1.54) is 24.6 Å². The number of nitriles is 1. The Balaban J connectivity index is 1.40. The van der Waals surface area contributed by atoms with Crippen LogP contribution in [-0.4, -0.2) is 32.4 Å². The smallest absolute Gasteiger partial charge is 0.223 e. The van der Waals surface area contributed by atoms with Gasteiger partial charge in [-0.05, 0) is 56.0 Å². The lowest BCUT2D eigenvalue weighted by atomic mass is 9.89. The van der Waals surface area contributed by atoms with Crippen molar-refractivity contribution < 1.29 is 4.39 Å². The summed E-state index contributed by atoms with van der Waals surface area (Å²) in [5.74, 6) is 1.03. The molecule has 0 radical (unpaired) electrons. The third-order valence-electron chi connectivity index (χ3n) is 6.51. The minimum absolute atomic E-state index is 0.0248. The molecule has 0 spiro atoms. The highest BCUT2D eigenvalue weighted by molar-refractivity contribution is 5.68. The van der Waals surface area contributed by atoms with Gasteiger partial charge in [0.15, 0.2) is 0 Å². The molecule has 34 heavy (non-hydrogen) atoms. The first-order valence-electron chi connectivity index (χ1n) is 11.5. The SMILES string of the molecule is C[C@H](Nc1ncc(C#N)c(-c2cnc3c(CF)cccn23)n1)c1ccc(C2CCNCC2)cc1. The zero-order chi connectivity index (χ0) is 23.5. The van der Waals surface area contributed by atoms with Crippen molar-refractivity contribution in [3.05, 3.63) is 77.2 Å². The number of aromatic nitrogens is 4. The van der Waals surface area contributed by atoms with E-state index in [4.69, 9.17) is 0 Å². The maximum absolute atomic E-state index is 13.4. The van der Waals surface area contributed by atoms with Crippen molar-refractivity contribution in [2.75, 3.05) is 18.4 Å². The summed E-state index contributed by atoms with van der Waals surface area (Å²) in [7, 11) is 0. The highest BCUT2D eigenvalue weighted by Crippen LogP contribution is 2.28. The lowest BCUT2D eigenvalue weighted by Gasteiger charge is -2.23. The Kier molecular flexibility index (Phi) is 6.19. The molecule has 5 rings (SSSR count). The maximum atomic E-state index is 13.4. The topological polar surface area (TPSA) is 90.9 Å². The lowest BCUT2D eigenvalue weighted by molar-refractivity contribution is 0.460. The molecule has 1 fully saturated rings. The third-order valence-corrected chi connectivity index (χ3v) is 6.51. The van der Waals surface area contributed by atoms with Crippen LogP contribution in [-0.2, 0) is 6.67 Å². The minimum atomic E-state index is -0.615. The largest absolute Gasteiger partial charge is 0.348 e. The molecule has 1 aliphatic rings. The highest BCUT2D eigenvalue weighted by atomic mass is 19.1. The van der Waals surface area contributed by atoms with Gasteiger partial charge in [-0.25, -0.2) is 19.3 Å². The predicted octanol–water partition coefficient (Wildman–Crippen LogP) is 4.77. The second-order valence-corrected chi connectivity index (χ2v) is 8.63. The molecule has 0 aliphatic carbocycles. The summed E-state index contributed by atoms with van der Waals surface area (Å²) in [5.41, 5.74) is 4.92. The van der Waals surface area contributed by atoms with Gasteiger partial charge in [-0.15, -0.1) is 0 Å². The van der Waals surface area contributed by atoms with Gasteiger partial charge >= 0.3 is 0 Å². The molecule has 4 heterocycles. The molecule has 7 nitrogen and oxygen atoms in total. The molecule has 0 bridgehead atoms. The Hall–Kier alpha value is -3.83. The Labute approximate surface area is 197 Å². The fraction of sp³-hybridized carbons (Fsp3) is 0.308. The van der Waals surface area contributed by atoms with Crippen LogP contribution >= 0.6 is 0 Å². The van der Waals surface area contributed by atoms with Crippen LogP contribution in [0.4, 0.5) is 10.3 Å². The van der Waals surface area contributed by atoms with Gasteiger partial charge in [-0.1, -0.05) is 30.3 Å². The van der Waals surface area contributed by atoms with E-state index in [2.05, 4.69) is 62.8 Å². The van der Waals surface area contributed by atoms with Gasteiger partial charge < -0.3 is 10.6 Å². The number of hydrogen-bond acceptors (Lipinski definition) is 6.